The van der Waals surface area contributed by atoms with Gasteiger partial charge in [-0.15, -0.1) is 0 Å². The van der Waals surface area contributed by atoms with E-state index in [1.807, 2.05) is 24.3 Å². The number of carbonyl (C=O) groups is 2. The predicted molar refractivity (Wildman–Crippen MR) is 187 cm³/mol. The Morgan fingerprint density at radius 2 is 0.844 bits per heavy atom. The van der Waals surface area contributed by atoms with E-state index < -0.39 is 28.6 Å². The quantitative estimate of drug-likeness (QED) is 0.0533. The third kappa shape index (κ3) is 8.45. The van der Waals surface area contributed by atoms with Gasteiger partial charge in [-0.05, 0) is 59.5 Å². The van der Waals surface area contributed by atoms with Crippen LogP contribution >= 0.6 is 0 Å². The van der Waals surface area contributed by atoms with E-state index in [2.05, 4.69) is 110 Å². The molecule has 0 amide bonds. The Bertz CT molecular complexity index is 1430. The Balaban J connectivity index is 1.88. The third-order valence-corrected chi connectivity index (χ3v) is 17.7. The SMILES string of the molecule is C=C(C)C(=O)OCCC[Si](CCCOC(=O)C(=C)C)(O[Si](c1ccccc1)(c1ccccc1)c1ccccc1)c1ccccc1. The zero-order valence-electron chi connectivity index (χ0n) is 26.2. The van der Waals surface area contributed by atoms with Gasteiger partial charge in [0, 0.05) is 11.1 Å². The molecule has 4 aromatic rings. The van der Waals surface area contributed by atoms with E-state index in [0.717, 1.165) is 20.7 Å². The van der Waals surface area contributed by atoms with Crippen molar-refractivity contribution in [1.29, 1.82) is 0 Å². The molecule has 0 saturated heterocycles. The molecule has 0 spiro atoms. The van der Waals surface area contributed by atoms with Gasteiger partial charge in [0.25, 0.3) is 8.32 Å². The van der Waals surface area contributed by atoms with Crippen molar-refractivity contribution in [3.8, 4) is 0 Å². The highest BCUT2D eigenvalue weighted by atomic mass is 28.4. The van der Waals surface area contributed by atoms with Crippen molar-refractivity contribution in [3.05, 3.63) is 146 Å². The topological polar surface area (TPSA) is 61.8 Å². The van der Waals surface area contributed by atoms with Gasteiger partial charge in [-0.3, -0.25) is 0 Å². The monoisotopic (exact) mass is 634 g/mol. The minimum Gasteiger partial charge on any atom is -0.462 e. The van der Waals surface area contributed by atoms with Crippen molar-refractivity contribution in [2.24, 2.45) is 0 Å². The van der Waals surface area contributed by atoms with Gasteiger partial charge >= 0.3 is 11.9 Å². The Labute approximate surface area is 269 Å². The highest BCUT2D eigenvalue weighted by Crippen LogP contribution is 2.27. The van der Waals surface area contributed by atoms with Crippen LogP contribution in [0.1, 0.15) is 26.7 Å². The maximum absolute atomic E-state index is 12.3. The summed E-state index contributed by atoms with van der Waals surface area (Å²) in [6.45, 7) is 11.3. The summed E-state index contributed by atoms with van der Waals surface area (Å²) in [5.74, 6) is -0.785. The average molecular weight is 635 g/mol. The number of ether oxygens (including phenoxy) is 2. The fourth-order valence-corrected chi connectivity index (χ4v) is 16.7. The first-order chi connectivity index (χ1) is 21.8. The molecule has 0 unspecified atom stereocenters. The minimum atomic E-state index is -3.12. The molecule has 0 fully saturated rings. The molecular weight excluding hydrogens is 593 g/mol. The first-order valence-corrected chi connectivity index (χ1v) is 19.6. The zero-order chi connectivity index (χ0) is 32.1. The molecule has 4 rings (SSSR count). The maximum Gasteiger partial charge on any atom is 0.333 e. The largest absolute Gasteiger partial charge is 0.462 e. The van der Waals surface area contributed by atoms with Crippen molar-refractivity contribution in [1.82, 2.24) is 0 Å². The van der Waals surface area contributed by atoms with Gasteiger partial charge in [0.15, 0.2) is 0 Å². The van der Waals surface area contributed by atoms with E-state index in [9.17, 15) is 9.59 Å². The van der Waals surface area contributed by atoms with E-state index in [0.29, 0.717) is 36.1 Å². The van der Waals surface area contributed by atoms with Gasteiger partial charge in [0.05, 0.1) is 13.2 Å². The number of hydrogen-bond acceptors (Lipinski definition) is 5. The fraction of sp³-hybridized carbons (Fsp3) is 0.211. The second kappa shape index (κ2) is 16.1. The van der Waals surface area contributed by atoms with Crippen molar-refractivity contribution in [2.75, 3.05) is 13.2 Å². The number of esters is 2. The highest BCUT2D eigenvalue weighted by molar-refractivity contribution is 7.12. The molecule has 0 aliphatic rings. The Morgan fingerprint density at radius 3 is 1.16 bits per heavy atom. The molecule has 0 saturated carbocycles. The summed E-state index contributed by atoms with van der Waals surface area (Å²) in [6, 6.07) is 43.5. The van der Waals surface area contributed by atoms with Gasteiger partial charge in [-0.1, -0.05) is 134 Å². The van der Waals surface area contributed by atoms with Crippen molar-refractivity contribution < 1.29 is 23.2 Å². The minimum absolute atomic E-state index is 0.262. The van der Waals surface area contributed by atoms with E-state index in [1.165, 1.54) is 0 Å². The van der Waals surface area contributed by atoms with Crippen LogP contribution in [0.15, 0.2) is 146 Å². The summed E-state index contributed by atoms with van der Waals surface area (Å²) in [4.78, 5) is 24.5. The Kier molecular flexibility index (Phi) is 12.0. The number of hydrogen-bond donors (Lipinski definition) is 0. The van der Waals surface area contributed by atoms with E-state index in [-0.39, 0.29) is 13.2 Å². The van der Waals surface area contributed by atoms with Crippen LogP contribution in [0.4, 0.5) is 0 Å². The second-order valence-corrected chi connectivity index (χ2v) is 18.8. The lowest BCUT2D eigenvalue weighted by Crippen LogP contribution is -2.75. The molecule has 45 heavy (non-hydrogen) atoms. The molecule has 5 nitrogen and oxygen atoms in total. The summed E-state index contributed by atoms with van der Waals surface area (Å²) in [6.07, 6.45) is 1.24. The van der Waals surface area contributed by atoms with Gasteiger partial charge < -0.3 is 13.6 Å². The molecule has 7 heteroatoms. The van der Waals surface area contributed by atoms with Crippen LogP contribution in [0, 0.1) is 0 Å². The number of benzene rings is 4. The van der Waals surface area contributed by atoms with Crippen LogP contribution < -0.4 is 20.7 Å². The van der Waals surface area contributed by atoms with Crippen molar-refractivity contribution in [2.45, 2.75) is 38.8 Å². The van der Waals surface area contributed by atoms with Crippen LogP contribution in [0.25, 0.3) is 0 Å². The van der Waals surface area contributed by atoms with E-state index >= 15 is 0 Å². The van der Waals surface area contributed by atoms with Gasteiger partial charge in [-0.25, -0.2) is 9.59 Å². The first kappa shape index (κ1) is 33.6. The Hall–Kier alpha value is -4.31. The fourth-order valence-electron chi connectivity index (χ4n) is 5.60. The van der Waals surface area contributed by atoms with Crippen LogP contribution in [-0.2, 0) is 23.2 Å². The van der Waals surface area contributed by atoms with E-state index in [1.54, 1.807) is 13.8 Å². The molecule has 232 valence electrons. The van der Waals surface area contributed by atoms with Crippen LogP contribution in [0.5, 0.6) is 0 Å². The normalized spacial score (nSPS) is 11.4. The molecular formula is C38H42O5Si2. The smallest absolute Gasteiger partial charge is 0.333 e. The average Bonchev–Trinajstić information content (AvgIpc) is 3.08. The molecule has 0 heterocycles. The summed E-state index contributed by atoms with van der Waals surface area (Å²) in [5.41, 5.74) is 0.751. The summed E-state index contributed by atoms with van der Waals surface area (Å²) >= 11 is 0. The third-order valence-electron chi connectivity index (χ3n) is 7.80. The molecule has 0 N–H and O–H groups in total. The van der Waals surface area contributed by atoms with Gasteiger partial charge in [0.2, 0.25) is 8.32 Å². The molecule has 0 atom stereocenters. The molecule has 0 aromatic heterocycles. The lowest BCUT2D eigenvalue weighted by Gasteiger charge is -2.43. The predicted octanol–water partition coefficient (Wildman–Crippen LogP) is 5.54. The first-order valence-electron chi connectivity index (χ1n) is 15.4. The zero-order valence-corrected chi connectivity index (χ0v) is 28.2. The lowest BCUT2D eigenvalue weighted by molar-refractivity contribution is -0.139. The highest BCUT2D eigenvalue weighted by Gasteiger charge is 2.50. The standard InChI is InChI=1S/C38H42O5Si2/c1-31(2)37(39)41-27-17-29-44(33-19-9-5-10-20-33,30-18-28-42-38(40)32(3)4)43-45(34-21-11-6-12-22-34,35-23-13-7-14-24-35)36-25-15-8-16-26-36/h5-16,19-26H,1,3,17-18,27-30H2,2,4H3. The summed E-state index contributed by atoms with van der Waals surface area (Å²) < 4.78 is 19.2. The molecule has 0 aliphatic carbocycles. The van der Waals surface area contributed by atoms with Crippen molar-refractivity contribution >= 4 is 49.3 Å². The maximum atomic E-state index is 12.3. The summed E-state index contributed by atoms with van der Waals surface area (Å²) in [5, 5.41) is 4.61. The lowest BCUT2D eigenvalue weighted by atomic mass is 10.3. The van der Waals surface area contributed by atoms with Crippen LogP contribution in [-0.4, -0.2) is 41.8 Å². The summed E-state index contributed by atoms with van der Waals surface area (Å²) in [7, 11) is -6.04. The van der Waals surface area contributed by atoms with E-state index in [4.69, 9.17) is 13.6 Å². The van der Waals surface area contributed by atoms with Gasteiger partial charge in [0.1, 0.15) is 0 Å². The molecule has 0 bridgehead atoms. The van der Waals surface area contributed by atoms with Crippen LogP contribution in [0.2, 0.25) is 12.1 Å². The van der Waals surface area contributed by atoms with Crippen LogP contribution in [0.3, 0.4) is 0 Å². The van der Waals surface area contributed by atoms with Gasteiger partial charge in [-0.2, -0.15) is 0 Å². The molecule has 4 aromatic carbocycles. The molecule has 0 aliphatic heterocycles. The number of rotatable bonds is 16. The molecule has 0 radical (unpaired) electrons. The second-order valence-electron chi connectivity index (χ2n) is 11.3. The van der Waals surface area contributed by atoms with Crippen molar-refractivity contribution in [3.63, 3.8) is 0 Å². The Morgan fingerprint density at radius 1 is 0.533 bits per heavy atom. The number of carbonyl (C=O) groups excluding carboxylic acids is 2.